The Bertz CT molecular complexity index is 754. The quantitative estimate of drug-likeness (QED) is 0.916. The SMILES string of the molecule is N#Cc1ccccc1Nc1nc(C(F)(F)F)ccc1C#N. The first kappa shape index (κ1) is 14.4. The molecule has 2 rings (SSSR count). The summed E-state index contributed by atoms with van der Waals surface area (Å²) < 4.78 is 38.0. The molecule has 4 nitrogen and oxygen atoms in total. The number of aromatic nitrogens is 1. The van der Waals surface area contributed by atoms with Gasteiger partial charge in [-0.2, -0.15) is 23.7 Å². The highest BCUT2D eigenvalue weighted by atomic mass is 19.4. The minimum Gasteiger partial charge on any atom is -0.338 e. The zero-order valence-electron chi connectivity index (χ0n) is 10.4. The second-order valence-corrected chi connectivity index (χ2v) is 3.98. The van der Waals surface area contributed by atoms with Crippen LogP contribution in [-0.2, 0) is 6.18 Å². The summed E-state index contributed by atoms with van der Waals surface area (Å²) in [5.74, 6) is -0.241. The molecule has 0 unspecified atom stereocenters. The Morgan fingerprint density at radius 1 is 0.952 bits per heavy atom. The maximum absolute atomic E-state index is 12.7. The van der Waals surface area contributed by atoms with Crippen LogP contribution in [0.3, 0.4) is 0 Å². The third-order valence-electron chi connectivity index (χ3n) is 2.61. The summed E-state index contributed by atoms with van der Waals surface area (Å²) in [6.45, 7) is 0. The third kappa shape index (κ3) is 3.10. The van der Waals surface area contributed by atoms with Gasteiger partial charge in [0.1, 0.15) is 23.7 Å². The highest BCUT2D eigenvalue weighted by Gasteiger charge is 2.33. The molecule has 104 valence electrons. The van der Waals surface area contributed by atoms with E-state index in [0.717, 1.165) is 12.1 Å². The van der Waals surface area contributed by atoms with Crippen LogP contribution < -0.4 is 5.32 Å². The van der Waals surface area contributed by atoms with Gasteiger partial charge in [0, 0.05) is 0 Å². The number of rotatable bonds is 2. The fourth-order valence-corrected chi connectivity index (χ4v) is 1.62. The molecule has 0 amide bonds. The minimum atomic E-state index is -4.61. The zero-order chi connectivity index (χ0) is 15.5. The van der Waals surface area contributed by atoms with Crippen molar-refractivity contribution in [2.75, 3.05) is 5.32 Å². The van der Waals surface area contributed by atoms with E-state index < -0.39 is 11.9 Å². The van der Waals surface area contributed by atoms with Gasteiger partial charge in [-0.3, -0.25) is 0 Å². The van der Waals surface area contributed by atoms with Crippen molar-refractivity contribution in [3.05, 3.63) is 53.2 Å². The van der Waals surface area contributed by atoms with E-state index >= 15 is 0 Å². The summed E-state index contributed by atoms with van der Waals surface area (Å²) in [5, 5.41) is 20.5. The number of alkyl halides is 3. The average Bonchev–Trinajstić information content (AvgIpc) is 2.47. The van der Waals surface area contributed by atoms with Crippen LogP contribution in [-0.4, -0.2) is 4.98 Å². The smallest absolute Gasteiger partial charge is 0.338 e. The fourth-order valence-electron chi connectivity index (χ4n) is 1.62. The van der Waals surface area contributed by atoms with Crippen molar-refractivity contribution in [1.29, 1.82) is 10.5 Å². The van der Waals surface area contributed by atoms with E-state index in [0.29, 0.717) is 0 Å². The third-order valence-corrected chi connectivity index (χ3v) is 2.61. The Hall–Kier alpha value is -3.06. The van der Waals surface area contributed by atoms with Gasteiger partial charge >= 0.3 is 6.18 Å². The van der Waals surface area contributed by atoms with Gasteiger partial charge in [0.05, 0.1) is 16.8 Å². The van der Waals surface area contributed by atoms with Crippen LogP contribution in [0.2, 0.25) is 0 Å². The van der Waals surface area contributed by atoms with Crippen molar-refractivity contribution in [2.24, 2.45) is 0 Å². The molecule has 0 aliphatic rings. The average molecular weight is 288 g/mol. The lowest BCUT2D eigenvalue weighted by molar-refractivity contribution is -0.141. The molecule has 1 N–H and O–H groups in total. The molecular formula is C14H7F3N4. The van der Waals surface area contributed by atoms with E-state index in [9.17, 15) is 13.2 Å². The number of nitrogens with zero attached hydrogens (tertiary/aromatic N) is 3. The van der Waals surface area contributed by atoms with E-state index in [1.807, 2.05) is 6.07 Å². The summed E-state index contributed by atoms with van der Waals surface area (Å²) in [5.41, 5.74) is -0.641. The number of pyridine rings is 1. The standard InChI is InChI=1S/C14H7F3N4/c15-14(16,17)12-6-5-10(8-19)13(21-12)20-11-4-2-1-3-9(11)7-18/h1-6H,(H,20,21). The molecular weight excluding hydrogens is 281 g/mol. The molecule has 0 bridgehead atoms. The van der Waals surface area contributed by atoms with Gasteiger partial charge in [0.15, 0.2) is 0 Å². The van der Waals surface area contributed by atoms with Crippen molar-refractivity contribution in [2.45, 2.75) is 6.18 Å². The predicted octanol–water partition coefficient (Wildman–Crippen LogP) is 3.59. The minimum absolute atomic E-state index is 0.0456. The lowest BCUT2D eigenvalue weighted by atomic mass is 10.2. The van der Waals surface area contributed by atoms with Crippen LogP contribution in [0.25, 0.3) is 0 Å². The number of halogens is 3. The number of para-hydroxylation sites is 1. The molecule has 0 atom stereocenters. The van der Waals surface area contributed by atoms with E-state index in [2.05, 4.69) is 10.3 Å². The molecule has 0 saturated carbocycles. The number of benzene rings is 1. The van der Waals surface area contributed by atoms with Crippen LogP contribution >= 0.6 is 0 Å². The fraction of sp³-hybridized carbons (Fsp3) is 0.0714. The molecule has 21 heavy (non-hydrogen) atoms. The number of hydrogen-bond acceptors (Lipinski definition) is 4. The Morgan fingerprint density at radius 2 is 1.62 bits per heavy atom. The molecule has 0 fully saturated rings. The van der Waals surface area contributed by atoms with Gasteiger partial charge in [0.25, 0.3) is 0 Å². The number of nitrogens with one attached hydrogen (secondary N) is 1. The molecule has 1 aromatic carbocycles. The summed E-state index contributed by atoms with van der Waals surface area (Å²) in [7, 11) is 0. The monoisotopic (exact) mass is 288 g/mol. The normalized spacial score (nSPS) is 10.5. The number of nitriles is 2. The summed E-state index contributed by atoms with van der Waals surface area (Å²) in [6, 6.07) is 11.7. The number of hydrogen-bond donors (Lipinski definition) is 1. The van der Waals surface area contributed by atoms with Gasteiger partial charge in [-0.25, -0.2) is 4.98 Å². The maximum Gasteiger partial charge on any atom is 0.433 e. The highest BCUT2D eigenvalue weighted by Crippen LogP contribution is 2.30. The summed E-state index contributed by atoms with van der Waals surface area (Å²) >= 11 is 0. The molecule has 0 saturated heterocycles. The first-order valence-electron chi connectivity index (χ1n) is 5.70. The lowest BCUT2D eigenvalue weighted by Gasteiger charge is -2.11. The van der Waals surface area contributed by atoms with Crippen molar-refractivity contribution in [3.8, 4) is 12.1 Å². The summed E-state index contributed by atoms with van der Waals surface area (Å²) in [6.07, 6.45) is -4.61. The molecule has 1 aromatic heterocycles. The highest BCUT2D eigenvalue weighted by molar-refractivity contribution is 5.68. The first-order chi connectivity index (χ1) is 9.95. The van der Waals surface area contributed by atoms with Gasteiger partial charge in [-0.1, -0.05) is 12.1 Å². The van der Waals surface area contributed by atoms with Crippen molar-refractivity contribution in [3.63, 3.8) is 0 Å². The van der Waals surface area contributed by atoms with Crippen molar-refractivity contribution < 1.29 is 13.2 Å². The van der Waals surface area contributed by atoms with E-state index in [1.165, 1.54) is 12.1 Å². The van der Waals surface area contributed by atoms with Gasteiger partial charge in [-0.15, -0.1) is 0 Å². The second kappa shape index (κ2) is 5.51. The van der Waals surface area contributed by atoms with Gasteiger partial charge < -0.3 is 5.32 Å². The van der Waals surface area contributed by atoms with Gasteiger partial charge in [-0.05, 0) is 24.3 Å². The first-order valence-corrected chi connectivity index (χ1v) is 5.70. The van der Waals surface area contributed by atoms with Crippen LogP contribution in [0.1, 0.15) is 16.8 Å². The molecule has 1 heterocycles. The molecule has 0 radical (unpaired) electrons. The molecule has 0 aliphatic carbocycles. The van der Waals surface area contributed by atoms with Gasteiger partial charge in [0.2, 0.25) is 0 Å². The van der Waals surface area contributed by atoms with E-state index in [1.54, 1.807) is 18.2 Å². The molecule has 2 aromatic rings. The van der Waals surface area contributed by atoms with Crippen molar-refractivity contribution in [1.82, 2.24) is 4.98 Å². The predicted molar refractivity (Wildman–Crippen MR) is 68.4 cm³/mol. The second-order valence-electron chi connectivity index (χ2n) is 3.98. The molecule has 7 heteroatoms. The largest absolute Gasteiger partial charge is 0.433 e. The Morgan fingerprint density at radius 3 is 2.24 bits per heavy atom. The topological polar surface area (TPSA) is 72.5 Å². The summed E-state index contributed by atoms with van der Waals surface area (Å²) in [4.78, 5) is 3.42. The number of anilines is 2. The Balaban J connectivity index is 2.48. The molecule has 0 aliphatic heterocycles. The van der Waals surface area contributed by atoms with Crippen LogP contribution in [0.15, 0.2) is 36.4 Å². The van der Waals surface area contributed by atoms with Crippen molar-refractivity contribution >= 4 is 11.5 Å². The van der Waals surface area contributed by atoms with Crippen LogP contribution in [0, 0.1) is 22.7 Å². The Kier molecular flexibility index (Phi) is 3.77. The van der Waals surface area contributed by atoms with E-state index in [4.69, 9.17) is 10.5 Å². The van der Waals surface area contributed by atoms with Crippen LogP contribution in [0.5, 0.6) is 0 Å². The maximum atomic E-state index is 12.7. The van der Waals surface area contributed by atoms with Crippen LogP contribution in [0.4, 0.5) is 24.7 Å². The van der Waals surface area contributed by atoms with E-state index in [-0.39, 0.29) is 22.6 Å². The zero-order valence-corrected chi connectivity index (χ0v) is 10.4. The Labute approximate surface area is 118 Å². The molecule has 0 spiro atoms. The lowest BCUT2D eigenvalue weighted by Crippen LogP contribution is -2.10.